The molecule has 4 nitrogen and oxygen atoms in total. The van der Waals surface area contributed by atoms with E-state index in [0.29, 0.717) is 29.1 Å². The highest BCUT2D eigenvalue weighted by atomic mass is 79.9. The zero-order valence-corrected chi connectivity index (χ0v) is 18.8. The predicted molar refractivity (Wildman–Crippen MR) is 125 cm³/mol. The van der Waals surface area contributed by atoms with Crippen molar-refractivity contribution in [2.75, 3.05) is 6.54 Å². The number of aliphatic hydroxyl groups is 1. The maximum Gasteiger partial charge on any atom is 0.295 e. The van der Waals surface area contributed by atoms with E-state index in [1.54, 1.807) is 48.5 Å². The fourth-order valence-corrected chi connectivity index (χ4v) is 4.29. The third kappa shape index (κ3) is 4.29. The number of carbonyl (C=O) groups is 2. The number of carbonyl (C=O) groups excluding carboxylic acids is 2. The van der Waals surface area contributed by atoms with E-state index in [9.17, 15) is 14.7 Å². The SMILES string of the molecule is O=C1C(=O)N(CCc2ccccc2)C(c2ccccc2Cl)/C1=C(\O)c1ccc(Br)cc1. The molecule has 4 rings (SSSR count). The van der Waals surface area contributed by atoms with E-state index in [-0.39, 0.29) is 11.3 Å². The van der Waals surface area contributed by atoms with Crippen molar-refractivity contribution in [2.45, 2.75) is 12.5 Å². The Hall–Kier alpha value is -2.89. The van der Waals surface area contributed by atoms with Gasteiger partial charge in [0.05, 0.1) is 11.6 Å². The second-order valence-electron chi connectivity index (χ2n) is 7.26. The lowest BCUT2D eigenvalue weighted by Crippen LogP contribution is -2.31. The first-order valence-corrected chi connectivity index (χ1v) is 11.0. The van der Waals surface area contributed by atoms with Gasteiger partial charge in [0.15, 0.2) is 0 Å². The number of aliphatic hydroxyl groups excluding tert-OH is 1. The van der Waals surface area contributed by atoms with E-state index in [0.717, 1.165) is 10.0 Å². The molecule has 0 radical (unpaired) electrons. The van der Waals surface area contributed by atoms with Crippen LogP contribution in [0, 0.1) is 0 Å². The summed E-state index contributed by atoms with van der Waals surface area (Å²) in [6.07, 6.45) is 0.577. The molecular formula is C25H19BrClNO3. The molecule has 0 aliphatic carbocycles. The van der Waals surface area contributed by atoms with Gasteiger partial charge in [-0.25, -0.2) is 0 Å². The number of benzene rings is 3. The van der Waals surface area contributed by atoms with Gasteiger partial charge in [0.1, 0.15) is 5.76 Å². The first-order chi connectivity index (χ1) is 15.0. The molecule has 1 unspecified atom stereocenters. The van der Waals surface area contributed by atoms with Gasteiger partial charge >= 0.3 is 0 Å². The highest BCUT2D eigenvalue weighted by Gasteiger charge is 2.46. The van der Waals surface area contributed by atoms with Crippen LogP contribution in [0.25, 0.3) is 5.76 Å². The van der Waals surface area contributed by atoms with Crippen molar-refractivity contribution in [3.05, 3.63) is 111 Å². The van der Waals surface area contributed by atoms with Gasteiger partial charge in [-0.05, 0) is 35.7 Å². The first kappa shape index (κ1) is 21.3. The number of hydrogen-bond acceptors (Lipinski definition) is 3. The zero-order valence-electron chi connectivity index (χ0n) is 16.5. The van der Waals surface area contributed by atoms with Gasteiger partial charge in [-0.15, -0.1) is 0 Å². The van der Waals surface area contributed by atoms with Gasteiger partial charge in [-0.2, -0.15) is 0 Å². The number of rotatable bonds is 5. The summed E-state index contributed by atoms with van der Waals surface area (Å²) in [5.74, 6) is -1.56. The van der Waals surface area contributed by atoms with Crippen LogP contribution in [0.3, 0.4) is 0 Å². The molecule has 0 saturated carbocycles. The lowest BCUT2D eigenvalue weighted by atomic mass is 9.95. The monoisotopic (exact) mass is 495 g/mol. The van der Waals surface area contributed by atoms with Crippen molar-refractivity contribution >= 4 is 45.0 Å². The fourth-order valence-electron chi connectivity index (χ4n) is 3.79. The molecule has 156 valence electrons. The van der Waals surface area contributed by atoms with Crippen molar-refractivity contribution in [1.82, 2.24) is 4.90 Å². The normalized spacial score (nSPS) is 17.9. The number of hydrogen-bond donors (Lipinski definition) is 1. The number of ketones is 1. The van der Waals surface area contributed by atoms with Gasteiger partial charge < -0.3 is 10.0 Å². The minimum Gasteiger partial charge on any atom is -0.507 e. The Morgan fingerprint density at radius 2 is 1.58 bits per heavy atom. The van der Waals surface area contributed by atoms with Crippen molar-refractivity contribution in [3.63, 3.8) is 0 Å². The van der Waals surface area contributed by atoms with Crippen LogP contribution in [-0.2, 0) is 16.0 Å². The Morgan fingerprint density at radius 1 is 0.935 bits per heavy atom. The maximum absolute atomic E-state index is 13.0. The average molecular weight is 497 g/mol. The molecule has 3 aromatic rings. The quantitative estimate of drug-likeness (QED) is 0.277. The van der Waals surface area contributed by atoms with E-state index in [1.807, 2.05) is 30.3 Å². The molecule has 1 saturated heterocycles. The second-order valence-corrected chi connectivity index (χ2v) is 8.58. The Balaban J connectivity index is 1.80. The lowest BCUT2D eigenvalue weighted by Gasteiger charge is -2.26. The summed E-state index contributed by atoms with van der Waals surface area (Å²) in [7, 11) is 0. The molecular weight excluding hydrogens is 478 g/mol. The van der Waals surface area contributed by atoms with Crippen molar-refractivity contribution in [2.24, 2.45) is 0 Å². The molecule has 31 heavy (non-hydrogen) atoms. The first-order valence-electron chi connectivity index (χ1n) is 9.80. The van der Waals surface area contributed by atoms with Crippen LogP contribution in [0.1, 0.15) is 22.7 Å². The summed E-state index contributed by atoms with van der Waals surface area (Å²) in [5, 5.41) is 11.5. The summed E-state index contributed by atoms with van der Waals surface area (Å²) in [5.41, 5.74) is 2.17. The predicted octanol–water partition coefficient (Wildman–Crippen LogP) is 5.77. The molecule has 0 aromatic heterocycles. The van der Waals surface area contributed by atoms with Gasteiger partial charge in [-0.3, -0.25) is 9.59 Å². The van der Waals surface area contributed by atoms with Gasteiger partial charge in [0.2, 0.25) is 0 Å². The minimum atomic E-state index is -0.763. The van der Waals surface area contributed by atoms with Crippen LogP contribution in [-0.4, -0.2) is 28.2 Å². The van der Waals surface area contributed by atoms with E-state index in [4.69, 9.17) is 11.6 Å². The van der Waals surface area contributed by atoms with Crippen LogP contribution in [0.2, 0.25) is 5.02 Å². The van der Waals surface area contributed by atoms with Gasteiger partial charge in [0, 0.05) is 21.6 Å². The van der Waals surface area contributed by atoms with Crippen molar-refractivity contribution < 1.29 is 14.7 Å². The molecule has 1 heterocycles. The highest BCUT2D eigenvalue weighted by molar-refractivity contribution is 9.10. The molecule has 0 spiro atoms. The summed E-state index contributed by atoms with van der Waals surface area (Å²) >= 11 is 9.82. The van der Waals surface area contributed by atoms with E-state index in [2.05, 4.69) is 15.9 Å². The van der Waals surface area contributed by atoms with Crippen molar-refractivity contribution in [1.29, 1.82) is 0 Å². The lowest BCUT2D eigenvalue weighted by molar-refractivity contribution is -0.139. The molecule has 1 amide bonds. The standard InChI is InChI=1S/C25H19BrClNO3/c26-18-12-10-17(11-13-18)23(29)21-22(19-8-4-5-9-20(19)27)28(25(31)24(21)30)15-14-16-6-2-1-3-7-16/h1-13,22,29H,14-15H2/b23-21+. The Morgan fingerprint density at radius 3 is 2.26 bits per heavy atom. The van der Waals surface area contributed by atoms with Crippen LogP contribution >= 0.6 is 27.5 Å². The number of halogens is 2. The summed E-state index contributed by atoms with van der Waals surface area (Å²) < 4.78 is 0.843. The highest BCUT2D eigenvalue weighted by Crippen LogP contribution is 2.41. The molecule has 1 aliphatic heterocycles. The van der Waals surface area contributed by atoms with Gasteiger partial charge in [-0.1, -0.05) is 88.2 Å². The van der Waals surface area contributed by atoms with Crippen LogP contribution in [0.4, 0.5) is 0 Å². The second kappa shape index (κ2) is 9.08. The molecule has 0 bridgehead atoms. The summed E-state index contributed by atoms with van der Waals surface area (Å²) in [4.78, 5) is 27.5. The summed E-state index contributed by atoms with van der Waals surface area (Å²) in [6.45, 7) is 0.321. The molecule has 3 aromatic carbocycles. The molecule has 1 N–H and O–H groups in total. The number of nitrogens with zero attached hydrogens (tertiary/aromatic N) is 1. The average Bonchev–Trinajstić information content (AvgIpc) is 3.03. The number of amides is 1. The minimum absolute atomic E-state index is 0.0495. The van der Waals surface area contributed by atoms with Crippen LogP contribution < -0.4 is 0 Å². The van der Waals surface area contributed by atoms with Crippen molar-refractivity contribution in [3.8, 4) is 0 Å². The molecule has 1 aliphatic rings. The smallest absolute Gasteiger partial charge is 0.295 e. The number of Topliss-reactive ketones (excluding diaryl/α,β-unsaturated/α-hetero) is 1. The van der Waals surface area contributed by atoms with E-state index < -0.39 is 17.7 Å². The number of likely N-dealkylation sites (tertiary alicyclic amines) is 1. The molecule has 1 atom stereocenters. The fraction of sp³-hybridized carbons (Fsp3) is 0.120. The van der Waals surface area contributed by atoms with Gasteiger partial charge in [0.25, 0.3) is 11.7 Å². The summed E-state index contributed by atoms with van der Waals surface area (Å²) in [6, 6.07) is 23.0. The topological polar surface area (TPSA) is 57.6 Å². The molecule has 6 heteroatoms. The van der Waals surface area contributed by atoms with E-state index in [1.165, 1.54) is 4.90 Å². The van der Waals surface area contributed by atoms with Crippen LogP contribution in [0.15, 0.2) is 88.9 Å². The Kier molecular flexibility index (Phi) is 6.25. The van der Waals surface area contributed by atoms with Crippen LogP contribution in [0.5, 0.6) is 0 Å². The van der Waals surface area contributed by atoms with E-state index >= 15 is 0 Å². The zero-order chi connectivity index (χ0) is 22.0. The largest absolute Gasteiger partial charge is 0.507 e. The maximum atomic E-state index is 13.0. The third-order valence-corrected chi connectivity index (χ3v) is 6.21. The third-order valence-electron chi connectivity index (χ3n) is 5.34. The Labute approximate surface area is 193 Å². The molecule has 1 fully saturated rings. The Bertz CT molecular complexity index is 1160.